The maximum Gasteiger partial charge on any atom is 0.331 e. The fourth-order valence-corrected chi connectivity index (χ4v) is 4.88. The smallest absolute Gasteiger partial charge is 0.331 e. The van der Waals surface area contributed by atoms with Crippen molar-refractivity contribution < 1.29 is 24.2 Å². The minimum atomic E-state index is -1.15. The van der Waals surface area contributed by atoms with Crippen LogP contribution in [0.15, 0.2) is 42.6 Å². The fourth-order valence-electron chi connectivity index (χ4n) is 4.88. The van der Waals surface area contributed by atoms with Gasteiger partial charge in [-0.1, -0.05) is 31.6 Å². The minimum absolute atomic E-state index is 0.0445. The van der Waals surface area contributed by atoms with E-state index < -0.39 is 11.9 Å². The molecule has 194 valence electrons. The lowest BCUT2D eigenvalue weighted by atomic mass is 9.79. The number of H-pyrrole nitrogens is 1. The molecule has 1 amide bonds. The molecule has 2 N–H and O–H groups in total. The Morgan fingerprint density at radius 1 is 1.19 bits per heavy atom. The zero-order valence-electron chi connectivity index (χ0n) is 21.6. The van der Waals surface area contributed by atoms with E-state index in [2.05, 4.69) is 66.0 Å². The molecule has 0 unspecified atom stereocenters. The predicted molar refractivity (Wildman–Crippen MR) is 140 cm³/mol. The molecule has 2 heterocycles. The fraction of sp³-hybridized carbons (Fsp3) is 0.464. The van der Waals surface area contributed by atoms with Crippen molar-refractivity contribution in [3.8, 4) is 0 Å². The van der Waals surface area contributed by atoms with E-state index in [1.807, 2.05) is 11.8 Å². The SMILES string of the molecule is CCCCOC(=O)/C=C/C(=O)O.CCN(CC)C(=O)[C@@H]1C=C2c3cccc4[nH]cc(c34)C[C@H]2N(C)C1. The summed E-state index contributed by atoms with van der Waals surface area (Å²) in [5.74, 6) is -1.55. The lowest BCUT2D eigenvalue weighted by molar-refractivity contribution is -0.138. The van der Waals surface area contributed by atoms with E-state index in [4.69, 9.17) is 5.11 Å². The molecule has 0 fully saturated rings. The lowest BCUT2D eigenvalue weighted by Crippen LogP contribution is -2.47. The number of carbonyl (C=O) groups is 3. The summed E-state index contributed by atoms with van der Waals surface area (Å²) in [6, 6.07) is 6.82. The Hall–Kier alpha value is -3.39. The van der Waals surface area contributed by atoms with Crippen LogP contribution in [-0.4, -0.2) is 77.1 Å². The molecule has 2 aromatic rings. The number of benzene rings is 1. The number of aliphatic carboxylic acids is 1. The number of esters is 1. The van der Waals surface area contributed by atoms with Gasteiger partial charge in [0.05, 0.1) is 12.5 Å². The largest absolute Gasteiger partial charge is 0.478 e. The highest BCUT2D eigenvalue weighted by Crippen LogP contribution is 2.40. The number of aromatic nitrogens is 1. The summed E-state index contributed by atoms with van der Waals surface area (Å²) in [6.07, 6.45) is 8.81. The van der Waals surface area contributed by atoms with Gasteiger partial charge in [0, 0.05) is 54.9 Å². The standard InChI is InChI=1S/C20H25N3O.C8H12O4/c1-4-23(5-2)20(24)14-9-16-15-7-6-8-17-19(15)13(11-21-17)10-18(16)22(3)12-14;1-2-3-6-12-8(11)5-4-7(9)10/h6-9,11,14,18,21H,4-5,10,12H2,1-3H3;4-5H,2-3,6H2,1H3,(H,9,10)/b;5-4+/t14-,18-;/m1./s1. The van der Waals surface area contributed by atoms with Crippen molar-refractivity contribution in [2.45, 2.75) is 46.1 Å². The van der Waals surface area contributed by atoms with Gasteiger partial charge in [0.1, 0.15) is 0 Å². The van der Waals surface area contributed by atoms with Gasteiger partial charge in [-0.2, -0.15) is 0 Å². The number of likely N-dealkylation sites (N-methyl/N-ethyl adjacent to an activating group) is 1. The van der Waals surface area contributed by atoms with E-state index in [1.165, 1.54) is 27.6 Å². The molecule has 0 bridgehead atoms. The first-order chi connectivity index (χ1) is 17.3. The first-order valence-electron chi connectivity index (χ1n) is 12.7. The van der Waals surface area contributed by atoms with E-state index in [-0.39, 0.29) is 11.8 Å². The molecule has 1 aromatic carbocycles. The van der Waals surface area contributed by atoms with Crippen molar-refractivity contribution in [1.29, 1.82) is 0 Å². The van der Waals surface area contributed by atoms with E-state index in [9.17, 15) is 14.4 Å². The van der Waals surface area contributed by atoms with Crippen LogP contribution in [0.2, 0.25) is 0 Å². The van der Waals surface area contributed by atoms with E-state index in [0.717, 1.165) is 51.0 Å². The second-order valence-corrected chi connectivity index (χ2v) is 9.13. The first-order valence-corrected chi connectivity index (χ1v) is 12.7. The summed E-state index contributed by atoms with van der Waals surface area (Å²) in [7, 11) is 2.15. The van der Waals surface area contributed by atoms with Crippen molar-refractivity contribution in [3.63, 3.8) is 0 Å². The first kappa shape index (κ1) is 27.2. The van der Waals surface area contributed by atoms with Gasteiger partial charge in [0.15, 0.2) is 0 Å². The number of carbonyl (C=O) groups excluding carboxylic acids is 2. The number of unbranched alkanes of at least 4 members (excludes halogenated alkanes) is 1. The average molecular weight is 496 g/mol. The lowest BCUT2D eigenvalue weighted by Gasteiger charge is -2.40. The predicted octanol–water partition coefficient (Wildman–Crippen LogP) is 3.88. The molecule has 4 rings (SSSR count). The zero-order valence-corrected chi connectivity index (χ0v) is 21.6. The third-order valence-electron chi connectivity index (χ3n) is 6.76. The van der Waals surface area contributed by atoms with Crippen LogP contribution in [0.5, 0.6) is 0 Å². The number of ether oxygens (including phenoxy) is 1. The molecule has 36 heavy (non-hydrogen) atoms. The summed E-state index contributed by atoms with van der Waals surface area (Å²) in [5, 5.41) is 9.48. The number of nitrogens with zero attached hydrogens (tertiary/aromatic N) is 2. The number of carboxylic acids is 1. The number of fused-ring (bicyclic) bond motifs is 2. The number of amides is 1. The minimum Gasteiger partial charge on any atom is -0.478 e. The molecular weight excluding hydrogens is 458 g/mol. The molecule has 0 spiro atoms. The van der Waals surface area contributed by atoms with E-state index in [0.29, 0.717) is 12.6 Å². The molecule has 8 heteroatoms. The molecule has 8 nitrogen and oxygen atoms in total. The maximum absolute atomic E-state index is 12.9. The van der Waals surface area contributed by atoms with Gasteiger partial charge in [0.2, 0.25) is 5.91 Å². The van der Waals surface area contributed by atoms with Crippen LogP contribution in [-0.2, 0) is 25.5 Å². The summed E-state index contributed by atoms with van der Waals surface area (Å²) in [5.41, 5.74) is 5.21. The van der Waals surface area contributed by atoms with Gasteiger partial charge in [0.25, 0.3) is 0 Å². The van der Waals surface area contributed by atoms with Crippen molar-refractivity contribution in [2.75, 3.05) is 33.3 Å². The van der Waals surface area contributed by atoms with Crippen molar-refractivity contribution >= 4 is 34.3 Å². The highest BCUT2D eigenvalue weighted by Gasteiger charge is 2.36. The highest BCUT2D eigenvalue weighted by atomic mass is 16.5. The Kier molecular flexibility index (Phi) is 9.47. The van der Waals surface area contributed by atoms with Crippen LogP contribution in [0.3, 0.4) is 0 Å². The highest BCUT2D eigenvalue weighted by molar-refractivity contribution is 5.99. The number of carboxylic acid groups (broad SMARTS) is 1. The Morgan fingerprint density at radius 3 is 2.61 bits per heavy atom. The van der Waals surface area contributed by atoms with Crippen LogP contribution >= 0.6 is 0 Å². The monoisotopic (exact) mass is 495 g/mol. The summed E-state index contributed by atoms with van der Waals surface area (Å²) >= 11 is 0. The molecule has 0 saturated carbocycles. The molecular formula is C28H37N3O5. The van der Waals surface area contributed by atoms with Gasteiger partial charge in [-0.25, -0.2) is 9.59 Å². The van der Waals surface area contributed by atoms with Crippen LogP contribution in [0.25, 0.3) is 16.5 Å². The molecule has 0 radical (unpaired) electrons. The van der Waals surface area contributed by atoms with Crippen molar-refractivity contribution in [1.82, 2.24) is 14.8 Å². The summed E-state index contributed by atoms with van der Waals surface area (Å²) < 4.78 is 4.64. The number of rotatable bonds is 8. The van der Waals surface area contributed by atoms with Gasteiger partial charge in [-0.3, -0.25) is 9.69 Å². The number of hydrogen-bond acceptors (Lipinski definition) is 5. The van der Waals surface area contributed by atoms with Crippen molar-refractivity contribution in [2.24, 2.45) is 5.92 Å². The van der Waals surface area contributed by atoms with Gasteiger partial charge >= 0.3 is 11.9 Å². The van der Waals surface area contributed by atoms with E-state index in [1.54, 1.807) is 0 Å². The molecule has 1 aliphatic carbocycles. The van der Waals surface area contributed by atoms with Gasteiger partial charge in [-0.15, -0.1) is 0 Å². The molecule has 1 aromatic heterocycles. The third kappa shape index (κ3) is 6.23. The Labute approximate surface area is 212 Å². The summed E-state index contributed by atoms with van der Waals surface area (Å²) in [4.78, 5) is 41.2. The normalized spacial score (nSPS) is 18.7. The Bertz CT molecular complexity index is 1150. The number of nitrogens with one attached hydrogen (secondary N) is 1. The van der Waals surface area contributed by atoms with Gasteiger partial charge in [-0.05, 0) is 56.5 Å². The van der Waals surface area contributed by atoms with Gasteiger partial charge < -0.3 is 19.7 Å². The Balaban J connectivity index is 0.000000257. The number of hydrogen-bond donors (Lipinski definition) is 2. The Morgan fingerprint density at radius 2 is 1.94 bits per heavy atom. The second-order valence-electron chi connectivity index (χ2n) is 9.13. The van der Waals surface area contributed by atoms with Crippen molar-refractivity contribution in [3.05, 3.63) is 53.8 Å². The summed E-state index contributed by atoms with van der Waals surface area (Å²) in [6.45, 7) is 8.79. The van der Waals surface area contributed by atoms with Crippen LogP contribution < -0.4 is 0 Å². The quantitative estimate of drug-likeness (QED) is 0.327. The van der Waals surface area contributed by atoms with Crippen LogP contribution in [0.1, 0.15) is 44.7 Å². The maximum atomic E-state index is 12.9. The van der Waals surface area contributed by atoms with Crippen LogP contribution in [0, 0.1) is 5.92 Å². The molecule has 1 aliphatic heterocycles. The van der Waals surface area contributed by atoms with Crippen LogP contribution in [0.4, 0.5) is 0 Å². The number of aromatic amines is 1. The molecule has 0 saturated heterocycles. The third-order valence-corrected chi connectivity index (χ3v) is 6.76. The zero-order chi connectivity index (χ0) is 26.2. The topological polar surface area (TPSA) is 103 Å². The average Bonchev–Trinajstić information content (AvgIpc) is 3.29. The van der Waals surface area contributed by atoms with E-state index >= 15 is 0 Å². The second kappa shape index (κ2) is 12.5. The molecule has 2 aliphatic rings. The molecule has 2 atom stereocenters.